The Kier molecular flexibility index (Phi) is 12.2. The molecule has 0 spiro atoms. The van der Waals surface area contributed by atoms with E-state index in [1.807, 2.05) is 55.5 Å². The van der Waals surface area contributed by atoms with Gasteiger partial charge in [0, 0.05) is 47.1 Å². The molecule has 8 aromatic rings. The quantitative estimate of drug-likeness (QED) is 0.0649. The Morgan fingerprint density at radius 3 is 2.18 bits per heavy atom. The molecule has 0 bridgehead atoms. The predicted octanol–water partition coefficient (Wildman–Crippen LogP) is 10.1. The highest BCUT2D eigenvalue weighted by molar-refractivity contribution is 5.88. The maximum Gasteiger partial charge on any atom is 0.307 e. The fourth-order valence-corrected chi connectivity index (χ4v) is 9.07. The molecule has 11 nitrogen and oxygen atoms in total. The van der Waals surface area contributed by atoms with Gasteiger partial charge in [0.15, 0.2) is 0 Å². The fraction of sp³-hybridized carbons (Fsp3) is 0.241. The number of furan rings is 1. The number of hydrogen-bond donors (Lipinski definition) is 4. The van der Waals surface area contributed by atoms with Crippen LogP contribution in [0.3, 0.4) is 0 Å². The molecule has 1 aliphatic rings. The third-order valence-electron chi connectivity index (χ3n) is 12.7. The number of carboxylic acids is 2. The molecule has 0 saturated heterocycles. The van der Waals surface area contributed by atoms with Gasteiger partial charge in [-0.15, -0.1) is 0 Å². The van der Waals surface area contributed by atoms with Crippen molar-refractivity contribution >= 4 is 33.8 Å². The number of rotatable bonds is 18. The Labute approximate surface area is 377 Å². The molecule has 2 atom stereocenters. The molecule has 1 fully saturated rings. The van der Waals surface area contributed by atoms with E-state index in [0.717, 1.165) is 90.7 Å². The summed E-state index contributed by atoms with van der Waals surface area (Å²) in [5.41, 5.74) is 25.9. The number of carboxylic acid groups (broad SMARTS) is 2. The predicted molar refractivity (Wildman–Crippen MR) is 252 cm³/mol. The van der Waals surface area contributed by atoms with Crippen molar-refractivity contribution in [1.29, 1.82) is 0 Å². The molecular weight excluding hydrogens is 817 g/mol. The number of ether oxygens (including phenoxy) is 2. The van der Waals surface area contributed by atoms with Gasteiger partial charge in [0.2, 0.25) is 0 Å². The van der Waals surface area contributed by atoms with Crippen molar-refractivity contribution in [2.45, 2.75) is 78.3 Å². The minimum atomic E-state index is -0.918. The summed E-state index contributed by atoms with van der Waals surface area (Å²) < 4.78 is 20.9. The Balaban J connectivity index is 0.960. The van der Waals surface area contributed by atoms with E-state index >= 15 is 0 Å². The first-order valence-electron chi connectivity index (χ1n) is 22.1. The molecule has 6 aromatic carbocycles. The van der Waals surface area contributed by atoms with Gasteiger partial charge in [-0.1, -0.05) is 79.7 Å². The van der Waals surface area contributed by atoms with Crippen LogP contribution in [-0.4, -0.2) is 31.9 Å². The molecule has 1 aliphatic carbocycles. The third-order valence-corrected chi connectivity index (χ3v) is 12.7. The molecular formula is C54H52N4O7. The Morgan fingerprint density at radius 1 is 0.708 bits per heavy atom. The first kappa shape index (κ1) is 43.1. The van der Waals surface area contributed by atoms with E-state index in [2.05, 4.69) is 72.3 Å². The van der Waals surface area contributed by atoms with Crippen molar-refractivity contribution in [3.8, 4) is 33.8 Å². The summed E-state index contributed by atoms with van der Waals surface area (Å²) in [5, 5.41) is 26.1. The van der Waals surface area contributed by atoms with E-state index in [0.29, 0.717) is 54.1 Å². The van der Waals surface area contributed by atoms with Gasteiger partial charge in [0.25, 0.3) is 0 Å². The number of nitrogens with two attached hydrogens (primary N) is 2. The van der Waals surface area contributed by atoms with Crippen LogP contribution in [0.2, 0.25) is 0 Å². The second-order valence-corrected chi connectivity index (χ2v) is 17.0. The standard InChI is InChI=1S/C54H52N4O7/c1-3-33-11-12-40(26-54(61)62)52(20-33)63-30-47-32(2)65-51-18-15-38(22-45(47)51)36-13-16-43(41(21-36)28-56)44-24-42(44)29-58-49-17-14-37(35-9-6-7-34(19-35)27-55)23-46(49)48(57-58)31-64-50-10-5-4-8-39(50)25-53(59)60/h4-23,42,44H,3,24-31,55-56H2,1-2H3,(H,59,60)(H,61,62). The van der Waals surface area contributed by atoms with Crippen LogP contribution in [0.4, 0.5) is 0 Å². The van der Waals surface area contributed by atoms with Gasteiger partial charge in [-0.25, -0.2) is 0 Å². The number of nitrogens with zero attached hydrogens (tertiary/aromatic N) is 2. The maximum absolute atomic E-state index is 11.6. The molecule has 65 heavy (non-hydrogen) atoms. The van der Waals surface area contributed by atoms with Crippen LogP contribution < -0.4 is 20.9 Å². The minimum Gasteiger partial charge on any atom is -0.488 e. The summed E-state index contributed by atoms with van der Waals surface area (Å²) >= 11 is 0. The van der Waals surface area contributed by atoms with Gasteiger partial charge >= 0.3 is 11.9 Å². The summed E-state index contributed by atoms with van der Waals surface area (Å²) in [6.45, 7) is 5.97. The molecule has 6 N–H and O–H groups in total. The molecule has 0 amide bonds. The molecule has 2 aromatic heterocycles. The number of hydrogen-bond acceptors (Lipinski definition) is 8. The summed E-state index contributed by atoms with van der Waals surface area (Å²) in [5.74, 6) is 0.702. The van der Waals surface area contributed by atoms with Gasteiger partial charge in [-0.05, 0) is 125 Å². The Bertz CT molecular complexity index is 3080. The van der Waals surface area contributed by atoms with Crippen molar-refractivity contribution < 1.29 is 33.7 Å². The molecule has 11 heteroatoms. The van der Waals surface area contributed by atoms with Gasteiger partial charge in [0.05, 0.1) is 18.4 Å². The highest BCUT2D eigenvalue weighted by Gasteiger charge is 2.40. The topological polar surface area (TPSA) is 176 Å². The number of fused-ring (bicyclic) bond motifs is 2. The number of benzene rings is 6. The number of para-hydroxylation sites is 1. The zero-order chi connectivity index (χ0) is 45.2. The minimum absolute atomic E-state index is 0.117. The Morgan fingerprint density at radius 2 is 1.42 bits per heavy atom. The molecule has 330 valence electrons. The van der Waals surface area contributed by atoms with E-state index in [1.54, 1.807) is 12.1 Å². The van der Waals surface area contributed by atoms with Crippen molar-refractivity contribution in [3.05, 3.63) is 172 Å². The van der Waals surface area contributed by atoms with Gasteiger partial charge < -0.3 is 35.6 Å². The molecule has 2 unspecified atom stereocenters. The highest BCUT2D eigenvalue weighted by atomic mass is 16.5. The first-order chi connectivity index (χ1) is 31.6. The number of aryl methyl sites for hydroxylation is 2. The summed E-state index contributed by atoms with van der Waals surface area (Å²) in [7, 11) is 0. The van der Waals surface area contributed by atoms with E-state index in [1.165, 1.54) is 5.56 Å². The average molecular weight is 869 g/mol. The zero-order valence-electron chi connectivity index (χ0n) is 36.6. The van der Waals surface area contributed by atoms with Gasteiger partial charge in [0.1, 0.15) is 41.7 Å². The third kappa shape index (κ3) is 9.25. The van der Waals surface area contributed by atoms with Crippen LogP contribution in [0.5, 0.6) is 11.5 Å². The monoisotopic (exact) mass is 868 g/mol. The smallest absolute Gasteiger partial charge is 0.307 e. The number of aromatic nitrogens is 2. The van der Waals surface area contributed by atoms with Gasteiger partial charge in [-0.2, -0.15) is 5.10 Å². The maximum atomic E-state index is 11.6. The normalized spacial score (nSPS) is 14.5. The lowest BCUT2D eigenvalue weighted by Gasteiger charge is -2.13. The van der Waals surface area contributed by atoms with Crippen molar-refractivity contribution in [3.63, 3.8) is 0 Å². The molecule has 0 radical (unpaired) electrons. The van der Waals surface area contributed by atoms with E-state index in [4.69, 9.17) is 30.5 Å². The molecule has 2 heterocycles. The second-order valence-electron chi connectivity index (χ2n) is 17.0. The zero-order valence-corrected chi connectivity index (χ0v) is 36.6. The van der Waals surface area contributed by atoms with Crippen LogP contribution in [0.1, 0.15) is 69.7 Å². The number of carbonyl (C=O) groups is 2. The van der Waals surface area contributed by atoms with E-state index in [9.17, 15) is 19.8 Å². The van der Waals surface area contributed by atoms with Crippen LogP contribution in [0.15, 0.2) is 126 Å². The van der Waals surface area contributed by atoms with E-state index < -0.39 is 11.9 Å². The summed E-state index contributed by atoms with van der Waals surface area (Å²) in [6, 6.07) is 40.4. The van der Waals surface area contributed by atoms with Crippen LogP contribution in [0.25, 0.3) is 44.1 Å². The lowest BCUT2D eigenvalue weighted by molar-refractivity contribution is -0.137. The van der Waals surface area contributed by atoms with E-state index in [-0.39, 0.29) is 26.1 Å². The second kappa shape index (κ2) is 18.5. The van der Waals surface area contributed by atoms with Crippen LogP contribution >= 0.6 is 0 Å². The van der Waals surface area contributed by atoms with Crippen LogP contribution in [-0.2, 0) is 61.7 Å². The summed E-state index contributed by atoms with van der Waals surface area (Å²) in [6.07, 6.45) is 1.57. The fourth-order valence-electron chi connectivity index (χ4n) is 9.07. The SMILES string of the molecule is CCc1ccc(CC(=O)O)c(OCc2c(C)oc3ccc(-c4ccc(C5CC5Cn5nc(COc6ccccc6CC(=O)O)c6cc(-c7cccc(CN)c7)ccc65)c(CN)c4)cc23)c1. The summed E-state index contributed by atoms with van der Waals surface area (Å²) in [4.78, 5) is 23.2. The number of aliphatic carboxylic acids is 2. The molecule has 9 rings (SSSR count). The highest BCUT2D eigenvalue weighted by Crippen LogP contribution is 2.50. The lowest BCUT2D eigenvalue weighted by atomic mass is 9.95. The average Bonchev–Trinajstić information content (AvgIpc) is 3.89. The largest absolute Gasteiger partial charge is 0.488 e. The van der Waals surface area contributed by atoms with Gasteiger partial charge in [-0.3, -0.25) is 14.3 Å². The first-order valence-corrected chi connectivity index (χ1v) is 22.1. The lowest BCUT2D eigenvalue weighted by Crippen LogP contribution is -2.07. The molecule has 1 saturated carbocycles. The van der Waals surface area contributed by atoms with Crippen molar-refractivity contribution in [2.75, 3.05) is 0 Å². The van der Waals surface area contributed by atoms with Crippen molar-refractivity contribution in [2.24, 2.45) is 17.4 Å². The molecule has 0 aliphatic heterocycles. The van der Waals surface area contributed by atoms with Crippen molar-refractivity contribution in [1.82, 2.24) is 9.78 Å². The Hall–Kier alpha value is -7.21. The van der Waals surface area contributed by atoms with Crippen LogP contribution in [0, 0.1) is 12.8 Å².